The third-order valence-electron chi connectivity index (χ3n) is 2.92. The van der Waals surface area contributed by atoms with Gasteiger partial charge in [0.05, 0.1) is 12.1 Å². The van der Waals surface area contributed by atoms with Gasteiger partial charge < -0.3 is 19.6 Å². The van der Waals surface area contributed by atoms with Crippen molar-refractivity contribution in [2.45, 2.75) is 31.9 Å². The second-order valence-corrected chi connectivity index (χ2v) is 4.28. The van der Waals surface area contributed by atoms with Crippen molar-refractivity contribution in [1.82, 2.24) is 5.32 Å². The molecule has 0 aliphatic carbocycles. The zero-order chi connectivity index (χ0) is 13.1. The highest BCUT2D eigenvalue weighted by molar-refractivity contribution is 5.93. The number of carboxylic acid groups (broad SMARTS) is 1. The van der Waals surface area contributed by atoms with Gasteiger partial charge in [0.2, 0.25) is 5.76 Å². The van der Waals surface area contributed by atoms with Crippen LogP contribution in [0.4, 0.5) is 0 Å². The summed E-state index contributed by atoms with van der Waals surface area (Å²) in [6, 6.07) is 2.48. The zero-order valence-electron chi connectivity index (χ0n) is 10.0. The van der Waals surface area contributed by atoms with Gasteiger partial charge in [0.15, 0.2) is 5.76 Å². The van der Waals surface area contributed by atoms with Crippen molar-refractivity contribution < 1.29 is 23.8 Å². The van der Waals surface area contributed by atoms with Crippen molar-refractivity contribution >= 4 is 11.9 Å². The van der Waals surface area contributed by atoms with E-state index in [9.17, 15) is 9.59 Å². The summed E-state index contributed by atoms with van der Waals surface area (Å²) in [5.41, 5.74) is 0. The van der Waals surface area contributed by atoms with E-state index in [-0.39, 0.29) is 23.7 Å². The van der Waals surface area contributed by atoms with Crippen LogP contribution in [0, 0.1) is 0 Å². The van der Waals surface area contributed by atoms with Crippen molar-refractivity contribution in [3.8, 4) is 0 Å². The minimum atomic E-state index is -1.19. The Hall–Kier alpha value is -1.82. The van der Waals surface area contributed by atoms with Gasteiger partial charge in [-0.2, -0.15) is 0 Å². The van der Waals surface area contributed by atoms with E-state index >= 15 is 0 Å². The number of aromatic carboxylic acids is 1. The predicted octanol–water partition coefficient (Wildman–Crippen LogP) is 1.28. The van der Waals surface area contributed by atoms with Gasteiger partial charge in [0.1, 0.15) is 0 Å². The van der Waals surface area contributed by atoms with E-state index in [1.165, 1.54) is 12.1 Å². The van der Waals surface area contributed by atoms with Crippen molar-refractivity contribution in [2.24, 2.45) is 0 Å². The van der Waals surface area contributed by atoms with Gasteiger partial charge in [-0.3, -0.25) is 4.79 Å². The molecule has 98 valence electrons. The van der Waals surface area contributed by atoms with Crippen LogP contribution in [0.1, 0.15) is 40.9 Å². The maximum atomic E-state index is 11.8. The number of furan rings is 1. The van der Waals surface area contributed by atoms with Crippen LogP contribution >= 0.6 is 0 Å². The lowest BCUT2D eigenvalue weighted by Crippen LogP contribution is -2.40. The molecule has 6 nitrogen and oxygen atoms in total. The lowest BCUT2D eigenvalue weighted by atomic mass is 10.1. The van der Waals surface area contributed by atoms with Crippen molar-refractivity contribution in [3.05, 3.63) is 23.7 Å². The minimum absolute atomic E-state index is 0.00255. The molecule has 1 aliphatic rings. The predicted molar refractivity (Wildman–Crippen MR) is 61.6 cm³/mol. The Morgan fingerprint density at radius 1 is 1.44 bits per heavy atom. The number of rotatable bonds is 4. The van der Waals surface area contributed by atoms with E-state index in [0.29, 0.717) is 0 Å². The molecule has 2 heterocycles. The molecule has 1 aliphatic heterocycles. The maximum absolute atomic E-state index is 11.8. The van der Waals surface area contributed by atoms with Crippen LogP contribution < -0.4 is 5.32 Å². The molecule has 6 heteroatoms. The lowest BCUT2D eigenvalue weighted by molar-refractivity contribution is 0.0650. The van der Waals surface area contributed by atoms with Gasteiger partial charge in [-0.15, -0.1) is 0 Å². The first-order valence-electron chi connectivity index (χ1n) is 5.83. The van der Waals surface area contributed by atoms with Crippen LogP contribution in [0.5, 0.6) is 0 Å². The minimum Gasteiger partial charge on any atom is -0.475 e. The van der Waals surface area contributed by atoms with Gasteiger partial charge in [-0.1, -0.05) is 0 Å². The molecule has 1 aromatic rings. The molecule has 1 amide bonds. The monoisotopic (exact) mass is 253 g/mol. The Morgan fingerprint density at radius 2 is 2.17 bits per heavy atom. The number of hydrogen-bond donors (Lipinski definition) is 2. The number of carboxylic acids is 1. The Kier molecular flexibility index (Phi) is 3.66. The van der Waals surface area contributed by atoms with Crippen molar-refractivity contribution in [2.75, 3.05) is 6.61 Å². The third-order valence-corrected chi connectivity index (χ3v) is 2.92. The molecular formula is C12H15NO5. The molecule has 0 spiro atoms. The number of amides is 1. The Labute approximate surface area is 104 Å². The molecule has 18 heavy (non-hydrogen) atoms. The highest BCUT2D eigenvalue weighted by Gasteiger charge is 2.25. The molecule has 0 bridgehead atoms. The summed E-state index contributed by atoms with van der Waals surface area (Å²) in [4.78, 5) is 22.4. The molecule has 2 N–H and O–H groups in total. The molecular weight excluding hydrogens is 238 g/mol. The van der Waals surface area contributed by atoms with Gasteiger partial charge in [-0.25, -0.2) is 4.79 Å². The Morgan fingerprint density at radius 3 is 2.72 bits per heavy atom. The summed E-state index contributed by atoms with van der Waals surface area (Å²) in [6.07, 6.45) is 1.93. The summed E-state index contributed by atoms with van der Waals surface area (Å²) >= 11 is 0. The largest absolute Gasteiger partial charge is 0.475 e. The Balaban J connectivity index is 1.95. The SMILES string of the molecule is CC(NC(=O)c1ccc(C(=O)O)o1)C1CCCO1. The van der Waals surface area contributed by atoms with E-state index in [4.69, 9.17) is 14.3 Å². The van der Waals surface area contributed by atoms with Gasteiger partial charge >= 0.3 is 5.97 Å². The van der Waals surface area contributed by atoms with Crippen LogP contribution in [-0.2, 0) is 4.74 Å². The first-order valence-corrected chi connectivity index (χ1v) is 5.83. The summed E-state index contributed by atoms with van der Waals surface area (Å²) in [5.74, 6) is -1.87. The zero-order valence-corrected chi connectivity index (χ0v) is 10.0. The van der Waals surface area contributed by atoms with Crippen molar-refractivity contribution in [3.63, 3.8) is 0 Å². The molecule has 1 saturated heterocycles. The third kappa shape index (κ3) is 2.70. The number of carbonyl (C=O) groups is 2. The number of carbonyl (C=O) groups excluding carboxylic acids is 1. The van der Waals surface area contributed by atoms with E-state index in [0.717, 1.165) is 19.4 Å². The van der Waals surface area contributed by atoms with E-state index in [2.05, 4.69) is 5.32 Å². The van der Waals surface area contributed by atoms with Crippen LogP contribution in [0.2, 0.25) is 0 Å². The first-order chi connectivity index (χ1) is 8.58. The van der Waals surface area contributed by atoms with E-state index in [1.54, 1.807) is 0 Å². The fourth-order valence-electron chi connectivity index (χ4n) is 1.94. The van der Waals surface area contributed by atoms with E-state index in [1.807, 2.05) is 6.92 Å². The lowest BCUT2D eigenvalue weighted by Gasteiger charge is -2.19. The Bertz CT molecular complexity index is 447. The summed E-state index contributed by atoms with van der Waals surface area (Å²) in [7, 11) is 0. The summed E-state index contributed by atoms with van der Waals surface area (Å²) in [5, 5.41) is 11.4. The standard InChI is InChI=1S/C12H15NO5/c1-7(8-3-2-6-17-8)13-11(14)9-4-5-10(18-9)12(15)16/h4-5,7-8H,2-3,6H2,1H3,(H,13,14)(H,15,16). The van der Waals surface area contributed by atoms with Crippen LogP contribution in [-0.4, -0.2) is 35.7 Å². The molecule has 2 rings (SSSR count). The number of ether oxygens (including phenoxy) is 1. The van der Waals surface area contributed by atoms with Crippen molar-refractivity contribution in [1.29, 1.82) is 0 Å². The molecule has 2 unspecified atom stereocenters. The van der Waals surface area contributed by atoms with Crippen LogP contribution in [0.3, 0.4) is 0 Å². The van der Waals surface area contributed by atoms with Gasteiger partial charge in [-0.05, 0) is 31.9 Å². The molecule has 2 atom stereocenters. The van der Waals surface area contributed by atoms with Gasteiger partial charge in [0.25, 0.3) is 5.91 Å². The van der Waals surface area contributed by atoms with E-state index < -0.39 is 11.9 Å². The molecule has 0 aromatic carbocycles. The highest BCUT2D eigenvalue weighted by Crippen LogP contribution is 2.16. The quantitative estimate of drug-likeness (QED) is 0.843. The smallest absolute Gasteiger partial charge is 0.371 e. The second kappa shape index (κ2) is 5.22. The van der Waals surface area contributed by atoms with Crippen LogP contribution in [0.25, 0.3) is 0 Å². The molecule has 0 radical (unpaired) electrons. The number of hydrogen-bond acceptors (Lipinski definition) is 4. The highest BCUT2D eigenvalue weighted by atomic mass is 16.5. The second-order valence-electron chi connectivity index (χ2n) is 4.28. The summed E-state index contributed by atoms with van der Waals surface area (Å²) in [6.45, 7) is 2.57. The molecule has 1 fully saturated rings. The average molecular weight is 253 g/mol. The first kappa shape index (κ1) is 12.6. The maximum Gasteiger partial charge on any atom is 0.371 e. The van der Waals surface area contributed by atoms with Crippen LogP contribution in [0.15, 0.2) is 16.5 Å². The fraction of sp³-hybridized carbons (Fsp3) is 0.500. The molecule has 0 saturated carbocycles. The topological polar surface area (TPSA) is 88.8 Å². The van der Waals surface area contributed by atoms with Gasteiger partial charge in [0, 0.05) is 6.61 Å². The normalized spacial score (nSPS) is 20.6. The summed E-state index contributed by atoms with van der Waals surface area (Å²) < 4.78 is 10.4. The average Bonchev–Trinajstić information content (AvgIpc) is 3.00. The molecule has 1 aromatic heterocycles. The number of nitrogens with one attached hydrogen (secondary N) is 1. The fourth-order valence-corrected chi connectivity index (χ4v) is 1.94.